The summed E-state index contributed by atoms with van der Waals surface area (Å²) in [6.45, 7) is 0. The molecule has 1 aromatic carbocycles. The van der Waals surface area contributed by atoms with Gasteiger partial charge < -0.3 is 10.1 Å². The number of nitrogens with zero attached hydrogens (tertiary/aromatic N) is 2. The Hall–Kier alpha value is -1.86. The predicted octanol–water partition coefficient (Wildman–Crippen LogP) is 2.37. The smallest absolute Gasteiger partial charge is 0.323 e. The van der Waals surface area contributed by atoms with E-state index in [2.05, 4.69) is 15.3 Å². The molecule has 1 N–H and O–H groups in total. The first-order chi connectivity index (χ1) is 9.40. The molecule has 0 aliphatic heterocycles. The molecule has 0 radical (unpaired) electrons. The average molecular weight is 314 g/mol. The zero-order chi connectivity index (χ0) is 14.8. The molecule has 6 nitrogen and oxygen atoms in total. The quantitative estimate of drug-likeness (QED) is 0.933. The number of benzene rings is 1. The van der Waals surface area contributed by atoms with E-state index in [1.807, 2.05) is 0 Å². The Balaban J connectivity index is 2.22. The van der Waals surface area contributed by atoms with Gasteiger partial charge in [0.2, 0.25) is 0 Å². The molecule has 0 saturated carbocycles. The van der Waals surface area contributed by atoms with E-state index in [0.717, 1.165) is 6.26 Å². The molecule has 0 spiro atoms. The van der Waals surface area contributed by atoms with Crippen molar-refractivity contribution in [2.24, 2.45) is 0 Å². The summed E-state index contributed by atoms with van der Waals surface area (Å²) in [7, 11) is -1.54. The van der Waals surface area contributed by atoms with Gasteiger partial charge in [0.15, 0.2) is 15.7 Å². The third kappa shape index (κ3) is 3.37. The van der Waals surface area contributed by atoms with E-state index in [1.54, 1.807) is 7.05 Å². The van der Waals surface area contributed by atoms with E-state index in [-0.39, 0.29) is 10.9 Å². The Morgan fingerprint density at radius 3 is 2.45 bits per heavy atom. The van der Waals surface area contributed by atoms with Crippen LogP contribution in [0.3, 0.4) is 0 Å². The van der Waals surface area contributed by atoms with Crippen molar-refractivity contribution in [1.29, 1.82) is 0 Å². The number of halogens is 1. The Labute approximate surface area is 121 Å². The number of rotatable bonds is 4. The van der Waals surface area contributed by atoms with Crippen molar-refractivity contribution >= 4 is 27.3 Å². The SMILES string of the molecule is CNc1nc(Oc2ccc(S(C)(=O)=O)cc2)ncc1Cl. The van der Waals surface area contributed by atoms with Crippen LogP contribution in [0.1, 0.15) is 0 Å². The van der Waals surface area contributed by atoms with Gasteiger partial charge in [0.1, 0.15) is 10.8 Å². The van der Waals surface area contributed by atoms with Gasteiger partial charge in [-0.3, -0.25) is 0 Å². The van der Waals surface area contributed by atoms with Crippen LogP contribution in [-0.2, 0) is 9.84 Å². The number of hydrogen-bond acceptors (Lipinski definition) is 6. The molecule has 0 aliphatic rings. The number of ether oxygens (including phenoxy) is 1. The predicted molar refractivity (Wildman–Crippen MR) is 76.2 cm³/mol. The van der Waals surface area contributed by atoms with Crippen molar-refractivity contribution in [3.63, 3.8) is 0 Å². The minimum Gasteiger partial charge on any atom is -0.424 e. The van der Waals surface area contributed by atoms with Crippen LogP contribution >= 0.6 is 11.6 Å². The van der Waals surface area contributed by atoms with Crippen molar-refractivity contribution < 1.29 is 13.2 Å². The highest BCUT2D eigenvalue weighted by molar-refractivity contribution is 7.90. The Kier molecular flexibility index (Phi) is 4.10. The van der Waals surface area contributed by atoms with E-state index in [4.69, 9.17) is 16.3 Å². The first-order valence-corrected chi connectivity index (χ1v) is 7.85. The van der Waals surface area contributed by atoms with Crippen LogP contribution in [-0.4, -0.2) is 31.7 Å². The first-order valence-electron chi connectivity index (χ1n) is 5.58. The summed E-state index contributed by atoms with van der Waals surface area (Å²) in [6.07, 6.45) is 2.56. The standard InChI is InChI=1S/C12H12ClN3O3S/c1-14-11-10(13)7-15-12(16-11)19-8-3-5-9(6-4-8)20(2,17)18/h3-7H,1-2H3,(H,14,15,16). The minimum absolute atomic E-state index is 0.117. The van der Waals surface area contributed by atoms with E-state index >= 15 is 0 Å². The van der Waals surface area contributed by atoms with Crippen molar-refractivity contribution in [2.45, 2.75) is 4.90 Å². The summed E-state index contributed by atoms with van der Waals surface area (Å²) in [5.41, 5.74) is 0. The van der Waals surface area contributed by atoms with E-state index in [0.29, 0.717) is 16.6 Å². The number of hydrogen-bond donors (Lipinski definition) is 1. The van der Waals surface area contributed by atoms with Crippen LogP contribution < -0.4 is 10.1 Å². The molecular formula is C12H12ClN3O3S. The summed E-state index contributed by atoms with van der Waals surface area (Å²) in [5.74, 6) is 0.881. The minimum atomic E-state index is -3.22. The van der Waals surface area contributed by atoms with Crippen LogP contribution in [0.15, 0.2) is 35.4 Å². The monoisotopic (exact) mass is 313 g/mol. The van der Waals surface area contributed by atoms with Gasteiger partial charge in [0.05, 0.1) is 11.1 Å². The highest BCUT2D eigenvalue weighted by atomic mass is 35.5. The maximum atomic E-state index is 11.3. The van der Waals surface area contributed by atoms with Gasteiger partial charge in [-0.25, -0.2) is 13.4 Å². The lowest BCUT2D eigenvalue weighted by molar-refractivity contribution is 0.442. The second kappa shape index (κ2) is 5.64. The van der Waals surface area contributed by atoms with Gasteiger partial charge in [-0.05, 0) is 24.3 Å². The lowest BCUT2D eigenvalue weighted by atomic mass is 10.3. The number of nitrogens with one attached hydrogen (secondary N) is 1. The fourth-order valence-electron chi connectivity index (χ4n) is 1.44. The molecule has 8 heteroatoms. The van der Waals surface area contributed by atoms with Crippen LogP contribution in [0.4, 0.5) is 5.82 Å². The zero-order valence-electron chi connectivity index (χ0n) is 10.8. The van der Waals surface area contributed by atoms with Gasteiger partial charge in [-0.15, -0.1) is 0 Å². The van der Waals surface area contributed by atoms with Crippen molar-refractivity contribution in [1.82, 2.24) is 9.97 Å². The second-order valence-electron chi connectivity index (χ2n) is 3.94. The van der Waals surface area contributed by atoms with Gasteiger partial charge in [-0.2, -0.15) is 4.98 Å². The molecule has 0 bridgehead atoms. The average Bonchev–Trinajstić information content (AvgIpc) is 2.40. The molecule has 20 heavy (non-hydrogen) atoms. The summed E-state index contributed by atoms with van der Waals surface area (Å²) in [5, 5.41) is 3.19. The molecule has 106 valence electrons. The normalized spacial score (nSPS) is 11.2. The highest BCUT2D eigenvalue weighted by Gasteiger charge is 2.09. The topological polar surface area (TPSA) is 81.2 Å². The number of anilines is 1. The van der Waals surface area contributed by atoms with Gasteiger partial charge in [0, 0.05) is 13.3 Å². The van der Waals surface area contributed by atoms with Gasteiger partial charge >= 0.3 is 6.01 Å². The van der Waals surface area contributed by atoms with E-state index < -0.39 is 9.84 Å². The molecule has 0 atom stereocenters. The Morgan fingerprint density at radius 1 is 1.25 bits per heavy atom. The van der Waals surface area contributed by atoms with Crippen LogP contribution in [0.2, 0.25) is 5.02 Å². The molecule has 0 fully saturated rings. The summed E-state index contributed by atoms with van der Waals surface area (Å²) in [4.78, 5) is 8.21. The maximum Gasteiger partial charge on any atom is 0.323 e. The van der Waals surface area contributed by atoms with E-state index in [1.165, 1.54) is 30.5 Å². The molecule has 0 saturated heterocycles. The molecule has 0 aliphatic carbocycles. The third-order valence-electron chi connectivity index (χ3n) is 2.42. The second-order valence-corrected chi connectivity index (χ2v) is 6.37. The fourth-order valence-corrected chi connectivity index (χ4v) is 2.25. The van der Waals surface area contributed by atoms with Crippen molar-refractivity contribution in [3.8, 4) is 11.8 Å². The number of aromatic nitrogens is 2. The summed E-state index contributed by atoms with van der Waals surface area (Å²) >= 11 is 5.86. The van der Waals surface area contributed by atoms with Crippen LogP contribution in [0, 0.1) is 0 Å². The summed E-state index contributed by atoms with van der Waals surface area (Å²) < 4.78 is 28.1. The fraction of sp³-hybridized carbons (Fsp3) is 0.167. The molecule has 2 aromatic rings. The Morgan fingerprint density at radius 2 is 1.90 bits per heavy atom. The molecule has 1 aromatic heterocycles. The van der Waals surface area contributed by atoms with E-state index in [9.17, 15) is 8.42 Å². The molecule has 2 rings (SSSR count). The van der Waals surface area contributed by atoms with Crippen molar-refractivity contribution in [2.75, 3.05) is 18.6 Å². The third-order valence-corrected chi connectivity index (χ3v) is 3.82. The van der Waals surface area contributed by atoms with Crippen LogP contribution in [0.25, 0.3) is 0 Å². The molecular weight excluding hydrogens is 302 g/mol. The lowest BCUT2D eigenvalue weighted by Crippen LogP contribution is -1.99. The zero-order valence-corrected chi connectivity index (χ0v) is 12.4. The summed E-state index contributed by atoms with van der Waals surface area (Å²) in [6, 6.07) is 6.10. The maximum absolute atomic E-state index is 11.3. The van der Waals surface area contributed by atoms with Gasteiger partial charge in [0.25, 0.3) is 0 Å². The largest absolute Gasteiger partial charge is 0.424 e. The Bertz CT molecular complexity index is 717. The highest BCUT2D eigenvalue weighted by Crippen LogP contribution is 2.24. The van der Waals surface area contributed by atoms with Crippen LogP contribution in [0.5, 0.6) is 11.8 Å². The lowest BCUT2D eigenvalue weighted by Gasteiger charge is -2.07. The first kappa shape index (κ1) is 14.5. The van der Waals surface area contributed by atoms with Gasteiger partial charge in [-0.1, -0.05) is 11.6 Å². The molecule has 0 amide bonds. The van der Waals surface area contributed by atoms with Crippen molar-refractivity contribution in [3.05, 3.63) is 35.5 Å². The molecule has 0 unspecified atom stereocenters. The molecule has 1 heterocycles. The number of sulfone groups is 1.